The fraction of sp³-hybridized carbons (Fsp3) is 0.222. The van der Waals surface area contributed by atoms with Crippen LogP contribution in [0.2, 0.25) is 0 Å². The molecule has 2 aromatic rings. The molecule has 2 aromatic carbocycles. The van der Waals surface area contributed by atoms with Gasteiger partial charge >= 0.3 is 0 Å². The Kier molecular flexibility index (Phi) is 5.93. The third-order valence-corrected chi connectivity index (χ3v) is 5.48. The van der Waals surface area contributed by atoms with Gasteiger partial charge in [0.2, 0.25) is 0 Å². The number of sulfone groups is 1. The average molecular weight is 360 g/mol. The van der Waals surface area contributed by atoms with E-state index < -0.39 is 9.84 Å². The van der Waals surface area contributed by atoms with E-state index in [0.29, 0.717) is 11.1 Å². The molecule has 0 saturated heterocycles. The first kappa shape index (κ1) is 18.7. The molecule has 2 N–H and O–H groups in total. The molecule has 0 fully saturated rings. The van der Waals surface area contributed by atoms with Crippen LogP contribution in [0.5, 0.6) is 0 Å². The lowest BCUT2D eigenvalue weighted by molar-refractivity contribution is 0.0948. The van der Waals surface area contributed by atoms with E-state index >= 15 is 0 Å². The number of amides is 2. The lowest BCUT2D eigenvalue weighted by Crippen LogP contribution is -2.23. The molecule has 7 heteroatoms. The minimum atomic E-state index is -3.28. The molecule has 0 heterocycles. The second-order valence-corrected chi connectivity index (χ2v) is 7.67. The van der Waals surface area contributed by atoms with Gasteiger partial charge in [-0.3, -0.25) is 9.59 Å². The smallest absolute Gasteiger partial charge is 0.251 e. The summed E-state index contributed by atoms with van der Waals surface area (Å²) < 4.78 is 23.5. The molecule has 0 aliphatic heterocycles. The van der Waals surface area contributed by atoms with Gasteiger partial charge in [0, 0.05) is 24.7 Å². The summed E-state index contributed by atoms with van der Waals surface area (Å²) in [6.45, 7) is 1.83. The van der Waals surface area contributed by atoms with Crippen molar-refractivity contribution in [3.05, 3.63) is 65.2 Å². The Hall–Kier alpha value is -2.67. The highest BCUT2D eigenvalue weighted by molar-refractivity contribution is 7.91. The molecule has 0 aromatic heterocycles. The third-order valence-electron chi connectivity index (χ3n) is 3.72. The van der Waals surface area contributed by atoms with Crippen molar-refractivity contribution >= 4 is 21.7 Å². The van der Waals surface area contributed by atoms with E-state index in [2.05, 4.69) is 10.6 Å². The lowest BCUT2D eigenvalue weighted by Gasteiger charge is -2.08. The van der Waals surface area contributed by atoms with Crippen LogP contribution in [0.15, 0.2) is 53.4 Å². The van der Waals surface area contributed by atoms with Crippen molar-refractivity contribution in [3.63, 3.8) is 0 Å². The number of rotatable bonds is 6. The number of carbonyl (C=O) groups excluding carboxylic acids is 2. The van der Waals surface area contributed by atoms with Crippen molar-refractivity contribution in [2.75, 3.05) is 12.8 Å². The Bertz CT molecular complexity index is 874. The molecule has 25 heavy (non-hydrogen) atoms. The molecule has 0 aliphatic carbocycles. The van der Waals surface area contributed by atoms with E-state index in [-0.39, 0.29) is 29.0 Å². The summed E-state index contributed by atoms with van der Waals surface area (Å²) in [5.74, 6) is -0.494. The first-order chi connectivity index (χ1) is 11.9. The third kappa shape index (κ3) is 4.67. The Morgan fingerprint density at radius 1 is 0.960 bits per heavy atom. The quantitative estimate of drug-likeness (QED) is 0.821. The van der Waals surface area contributed by atoms with Gasteiger partial charge in [-0.25, -0.2) is 8.42 Å². The van der Waals surface area contributed by atoms with Crippen LogP contribution in [-0.4, -0.2) is 33.0 Å². The van der Waals surface area contributed by atoms with Crippen LogP contribution in [0.25, 0.3) is 0 Å². The van der Waals surface area contributed by atoms with E-state index in [1.54, 1.807) is 32.2 Å². The summed E-state index contributed by atoms with van der Waals surface area (Å²) >= 11 is 0. The maximum atomic E-state index is 12.2. The van der Waals surface area contributed by atoms with Crippen LogP contribution in [-0.2, 0) is 16.4 Å². The van der Waals surface area contributed by atoms with Crippen LogP contribution in [0, 0.1) is 0 Å². The zero-order valence-corrected chi connectivity index (χ0v) is 14.9. The highest BCUT2D eigenvalue weighted by Crippen LogP contribution is 2.12. The topological polar surface area (TPSA) is 92.3 Å². The molecular formula is C18H20N2O4S. The van der Waals surface area contributed by atoms with Crippen LogP contribution < -0.4 is 10.6 Å². The van der Waals surface area contributed by atoms with E-state index in [4.69, 9.17) is 0 Å². The highest BCUT2D eigenvalue weighted by Gasteiger charge is 2.13. The van der Waals surface area contributed by atoms with Gasteiger partial charge in [0.05, 0.1) is 10.6 Å². The molecular weight excluding hydrogens is 340 g/mol. The van der Waals surface area contributed by atoms with Gasteiger partial charge in [0.15, 0.2) is 9.84 Å². The number of benzene rings is 2. The van der Waals surface area contributed by atoms with Crippen LogP contribution in [0.4, 0.5) is 0 Å². The first-order valence-corrected chi connectivity index (χ1v) is 9.44. The Morgan fingerprint density at radius 3 is 2.24 bits per heavy atom. The second kappa shape index (κ2) is 7.94. The van der Waals surface area contributed by atoms with Crippen molar-refractivity contribution in [2.24, 2.45) is 0 Å². The summed E-state index contributed by atoms with van der Waals surface area (Å²) in [7, 11) is -1.73. The van der Waals surface area contributed by atoms with Gasteiger partial charge < -0.3 is 10.6 Å². The van der Waals surface area contributed by atoms with Gasteiger partial charge in [-0.1, -0.05) is 19.1 Å². The summed E-state index contributed by atoms with van der Waals surface area (Å²) in [5, 5.41) is 5.30. The molecule has 0 aliphatic rings. The van der Waals surface area contributed by atoms with Crippen molar-refractivity contribution in [1.29, 1.82) is 0 Å². The maximum Gasteiger partial charge on any atom is 0.251 e. The van der Waals surface area contributed by atoms with Gasteiger partial charge in [-0.05, 0) is 42.0 Å². The van der Waals surface area contributed by atoms with E-state index in [9.17, 15) is 18.0 Å². The predicted octanol–water partition coefficient (Wildman–Crippen LogP) is 1.77. The van der Waals surface area contributed by atoms with Gasteiger partial charge in [0.1, 0.15) is 0 Å². The minimum absolute atomic E-state index is 0.0141. The van der Waals surface area contributed by atoms with Gasteiger partial charge in [0.25, 0.3) is 11.8 Å². The number of carbonyl (C=O) groups is 2. The van der Waals surface area contributed by atoms with Crippen molar-refractivity contribution in [1.82, 2.24) is 10.6 Å². The molecule has 2 amide bonds. The Labute approximate surface area is 147 Å². The standard InChI is InChI=1S/C18H20N2O4S/c1-3-25(23,24)16-9-7-14(8-10-16)18(22)20-12-13-5-4-6-15(11-13)17(21)19-2/h4-11H,3,12H2,1-2H3,(H,19,21)(H,20,22). The maximum absolute atomic E-state index is 12.2. The van der Waals surface area contributed by atoms with Crippen LogP contribution in [0.1, 0.15) is 33.2 Å². The van der Waals surface area contributed by atoms with Gasteiger partial charge in [-0.15, -0.1) is 0 Å². The van der Waals surface area contributed by atoms with Crippen molar-refractivity contribution in [3.8, 4) is 0 Å². The van der Waals surface area contributed by atoms with Crippen molar-refractivity contribution in [2.45, 2.75) is 18.4 Å². The van der Waals surface area contributed by atoms with Crippen LogP contribution >= 0.6 is 0 Å². The first-order valence-electron chi connectivity index (χ1n) is 7.79. The summed E-state index contributed by atoms with van der Waals surface area (Å²) in [6.07, 6.45) is 0. The Morgan fingerprint density at radius 2 is 1.64 bits per heavy atom. The molecule has 0 spiro atoms. The number of hydrogen-bond donors (Lipinski definition) is 2. The average Bonchev–Trinajstić information content (AvgIpc) is 2.65. The molecule has 0 radical (unpaired) electrons. The largest absolute Gasteiger partial charge is 0.355 e. The molecule has 0 unspecified atom stereocenters. The van der Waals surface area contributed by atoms with Gasteiger partial charge in [-0.2, -0.15) is 0 Å². The second-order valence-electron chi connectivity index (χ2n) is 5.39. The monoisotopic (exact) mass is 360 g/mol. The fourth-order valence-electron chi connectivity index (χ4n) is 2.23. The predicted molar refractivity (Wildman–Crippen MR) is 95.2 cm³/mol. The molecule has 6 nitrogen and oxygen atoms in total. The number of nitrogens with one attached hydrogen (secondary N) is 2. The summed E-state index contributed by atoms with van der Waals surface area (Å²) in [6, 6.07) is 12.8. The van der Waals surface area contributed by atoms with E-state index in [0.717, 1.165) is 5.56 Å². The number of hydrogen-bond acceptors (Lipinski definition) is 4. The van der Waals surface area contributed by atoms with Crippen LogP contribution in [0.3, 0.4) is 0 Å². The van der Waals surface area contributed by atoms with E-state index in [1.165, 1.54) is 24.3 Å². The fourth-order valence-corrected chi connectivity index (χ4v) is 3.12. The highest BCUT2D eigenvalue weighted by atomic mass is 32.2. The zero-order valence-electron chi connectivity index (χ0n) is 14.1. The Balaban J connectivity index is 2.04. The van der Waals surface area contributed by atoms with Crippen molar-refractivity contribution < 1.29 is 18.0 Å². The molecule has 132 valence electrons. The summed E-state index contributed by atoms with van der Waals surface area (Å²) in [5.41, 5.74) is 1.68. The van der Waals surface area contributed by atoms with E-state index in [1.807, 2.05) is 6.07 Å². The molecule has 2 rings (SSSR count). The lowest BCUT2D eigenvalue weighted by atomic mass is 10.1. The molecule has 0 atom stereocenters. The molecule has 0 saturated carbocycles. The normalized spacial score (nSPS) is 11.0. The SMILES string of the molecule is CCS(=O)(=O)c1ccc(C(=O)NCc2cccc(C(=O)NC)c2)cc1. The summed E-state index contributed by atoms with van der Waals surface area (Å²) in [4.78, 5) is 24.0. The minimum Gasteiger partial charge on any atom is -0.355 e. The zero-order chi connectivity index (χ0) is 18.4. The molecule has 0 bridgehead atoms.